The van der Waals surface area contributed by atoms with Crippen molar-refractivity contribution < 1.29 is 28.6 Å². The van der Waals surface area contributed by atoms with Gasteiger partial charge in [-0.25, -0.2) is 4.39 Å². The Kier molecular flexibility index (Phi) is 3.90. The molecule has 5 rings (SSSR count). The lowest BCUT2D eigenvalue weighted by atomic mass is 9.44. The molecule has 0 aromatic heterocycles. The topological polar surface area (TPSA) is 72.8 Å². The lowest BCUT2D eigenvalue weighted by Gasteiger charge is -2.62. The quantitative estimate of drug-likeness (QED) is 0.706. The van der Waals surface area contributed by atoms with Gasteiger partial charge in [0.25, 0.3) is 0 Å². The van der Waals surface area contributed by atoms with Crippen molar-refractivity contribution in [3.8, 4) is 0 Å². The summed E-state index contributed by atoms with van der Waals surface area (Å²) in [4.78, 5) is 25.0. The number of carbonyl (C=O) groups excluding carboxylic acids is 2. The van der Waals surface area contributed by atoms with Gasteiger partial charge in [-0.3, -0.25) is 9.59 Å². The van der Waals surface area contributed by atoms with Gasteiger partial charge in [-0.15, -0.1) is 0 Å². The highest BCUT2D eigenvalue weighted by molar-refractivity contribution is 6.01. The fourth-order valence-electron chi connectivity index (χ4n) is 7.95. The maximum Gasteiger partial charge on any atom is 0.178 e. The predicted molar refractivity (Wildman–Crippen MR) is 107 cm³/mol. The van der Waals surface area contributed by atoms with Crippen molar-refractivity contribution in [1.82, 2.24) is 0 Å². The van der Waals surface area contributed by atoms with Crippen molar-refractivity contribution >= 4 is 11.6 Å². The number of carbonyl (C=O) groups is 2. The summed E-state index contributed by atoms with van der Waals surface area (Å²) >= 11 is 0. The number of aliphatic hydroxyl groups is 1. The number of ether oxygens (including phenoxy) is 2. The molecule has 5 aliphatic rings. The maximum absolute atomic E-state index is 17.1. The number of aliphatic hydroxyl groups excluding tert-OH is 1. The Morgan fingerprint density at radius 1 is 1.23 bits per heavy atom. The van der Waals surface area contributed by atoms with E-state index in [1.807, 2.05) is 6.92 Å². The first-order valence-electron chi connectivity index (χ1n) is 11.0. The van der Waals surface area contributed by atoms with E-state index in [4.69, 9.17) is 9.47 Å². The highest BCUT2D eigenvalue weighted by Gasteiger charge is 2.79. The second-order valence-corrected chi connectivity index (χ2v) is 10.9. The number of ketones is 2. The fraction of sp³-hybridized carbons (Fsp3) is 0.750. The molecule has 6 heteroatoms. The van der Waals surface area contributed by atoms with Crippen LogP contribution in [0.5, 0.6) is 0 Å². The number of hydrogen-bond donors (Lipinski definition) is 1. The normalized spacial score (nSPS) is 53.4. The summed E-state index contributed by atoms with van der Waals surface area (Å²) in [7, 11) is 0. The van der Waals surface area contributed by atoms with Crippen molar-refractivity contribution in [3.05, 3.63) is 23.8 Å². The van der Waals surface area contributed by atoms with Gasteiger partial charge in [0.15, 0.2) is 28.6 Å². The van der Waals surface area contributed by atoms with Crippen LogP contribution in [0.15, 0.2) is 23.8 Å². The SMILES string of the molecule is CC(=O)[C@@]12OC(C)(C)O[C@@H]1CC1C3CCC4=CC(=O)C=C[C@]4(C)[C@@]3(F)[C@@H](O)C[C@@]12C. The first kappa shape index (κ1) is 20.5. The Labute approximate surface area is 176 Å². The van der Waals surface area contributed by atoms with E-state index in [0.717, 1.165) is 5.57 Å². The molecule has 0 aromatic rings. The number of alkyl halides is 1. The smallest absolute Gasteiger partial charge is 0.178 e. The predicted octanol–water partition coefficient (Wildman–Crippen LogP) is 3.45. The minimum absolute atomic E-state index is 0.116. The summed E-state index contributed by atoms with van der Waals surface area (Å²) in [6.07, 6.45) is 4.64. The van der Waals surface area contributed by atoms with Crippen LogP contribution in [0.1, 0.15) is 60.3 Å². The summed E-state index contributed by atoms with van der Waals surface area (Å²) in [6, 6.07) is 0. The molecule has 1 N–H and O–H groups in total. The first-order chi connectivity index (χ1) is 13.8. The van der Waals surface area contributed by atoms with Crippen LogP contribution in [-0.4, -0.2) is 45.9 Å². The molecule has 30 heavy (non-hydrogen) atoms. The molecule has 4 aliphatic carbocycles. The zero-order valence-electron chi connectivity index (χ0n) is 18.3. The van der Waals surface area contributed by atoms with E-state index >= 15 is 4.39 Å². The standard InChI is InChI=1S/C24H31FO5/c1-13(26)24-19(29-20(2,3)30-24)11-17-16-7-6-14-10-15(27)8-9-21(14,4)23(16,25)18(28)12-22(17,24)5/h8-10,16-19,28H,6-7,11-12H2,1-5H3/t16?,17?,18-,19+,21-,22-,23-,24+/m0/s1. The number of allylic oxidation sites excluding steroid dienone is 4. The van der Waals surface area contributed by atoms with Crippen LogP contribution in [0.3, 0.4) is 0 Å². The van der Waals surface area contributed by atoms with Crippen LogP contribution in [-0.2, 0) is 19.1 Å². The van der Waals surface area contributed by atoms with Gasteiger partial charge in [0, 0.05) is 16.7 Å². The van der Waals surface area contributed by atoms with Crippen molar-refractivity contribution in [2.24, 2.45) is 22.7 Å². The van der Waals surface area contributed by atoms with Gasteiger partial charge >= 0.3 is 0 Å². The van der Waals surface area contributed by atoms with E-state index in [1.165, 1.54) is 19.1 Å². The van der Waals surface area contributed by atoms with E-state index in [9.17, 15) is 14.7 Å². The average Bonchev–Trinajstić information content (AvgIpc) is 3.04. The third-order valence-electron chi connectivity index (χ3n) is 9.16. The molecule has 0 radical (unpaired) electrons. The monoisotopic (exact) mass is 418 g/mol. The second-order valence-electron chi connectivity index (χ2n) is 10.9. The minimum atomic E-state index is -1.91. The summed E-state index contributed by atoms with van der Waals surface area (Å²) in [5.74, 6) is -1.77. The van der Waals surface area contributed by atoms with Crippen LogP contribution < -0.4 is 0 Å². The van der Waals surface area contributed by atoms with Gasteiger partial charge in [0.05, 0.1) is 12.2 Å². The Morgan fingerprint density at radius 2 is 1.93 bits per heavy atom. The van der Waals surface area contributed by atoms with Gasteiger partial charge < -0.3 is 14.6 Å². The molecule has 1 heterocycles. The van der Waals surface area contributed by atoms with Crippen molar-refractivity contribution in [2.45, 2.75) is 89.6 Å². The lowest BCUT2D eigenvalue weighted by molar-refractivity contribution is -0.245. The van der Waals surface area contributed by atoms with Gasteiger partial charge in [-0.1, -0.05) is 18.6 Å². The van der Waals surface area contributed by atoms with E-state index in [-0.39, 0.29) is 23.9 Å². The molecule has 4 fully saturated rings. The molecule has 0 aromatic carbocycles. The third-order valence-corrected chi connectivity index (χ3v) is 9.16. The zero-order valence-corrected chi connectivity index (χ0v) is 18.3. The molecule has 8 atom stereocenters. The van der Waals surface area contributed by atoms with Crippen LogP contribution >= 0.6 is 0 Å². The molecule has 2 unspecified atom stereocenters. The van der Waals surface area contributed by atoms with Crippen molar-refractivity contribution in [1.29, 1.82) is 0 Å². The van der Waals surface area contributed by atoms with Gasteiger partial charge in [0.1, 0.15) is 0 Å². The van der Waals surface area contributed by atoms with Crippen LogP contribution in [0, 0.1) is 22.7 Å². The first-order valence-corrected chi connectivity index (χ1v) is 11.0. The van der Waals surface area contributed by atoms with Crippen molar-refractivity contribution in [3.63, 3.8) is 0 Å². The number of fused-ring (bicyclic) bond motifs is 7. The molecule has 164 valence electrons. The van der Waals surface area contributed by atoms with Gasteiger partial charge in [-0.2, -0.15) is 0 Å². The number of halogens is 1. The summed E-state index contributed by atoms with van der Waals surface area (Å²) in [5.41, 5.74) is -4.11. The number of Topliss-reactive ketones (excluding diaryl/α,β-unsaturated/α-hetero) is 1. The third kappa shape index (κ3) is 2.08. The Morgan fingerprint density at radius 3 is 2.60 bits per heavy atom. The molecule has 0 amide bonds. The minimum Gasteiger partial charge on any atom is -0.390 e. The van der Waals surface area contributed by atoms with Crippen LogP contribution in [0.2, 0.25) is 0 Å². The zero-order chi connectivity index (χ0) is 21.9. The summed E-state index contributed by atoms with van der Waals surface area (Å²) in [5, 5.41) is 11.4. The Hall–Kier alpha value is -1.37. The maximum atomic E-state index is 17.1. The molecular weight excluding hydrogens is 387 g/mol. The van der Waals surface area contributed by atoms with E-state index in [0.29, 0.717) is 19.3 Å². The van der Waals surface area contributed by atoms with Crippen LogP contribution in [0.4, 0.5) is 4.39 Å². The largest absolute Gasteiger partial charge is 0.390 e. The molecule has 3 saturated carbocycles. The van der Waals surface area contributed by atoms with E-state index < -0.39 is 46.0 Å². The number of rotatable bonds is 1. The average molecular weight is 419 g/mol. The Balaban J connectivity index is 1.64. The second kappa shape index (κ2) is 5.70. The molecule has 1 aliphatic heterocycles. The van der Waals surface area contributed by atoms with Gasteiger partial charge in [-0.05, 0) is 71.4 Å². The molecule has 0 bridgehead atoms. The molecule has 0 spiro atoms. The molecule has 1 saturated heterocycles. The summed E-state index contributed by atoms with van der Waals surface area (Å²) in [6.45, 7) is 8.89. The van der Waals surface area contributed by atoms with E-state index in [1.54, 1.807) is 26.8 Å². The lowest BCUT2D eigenvalue weighted by Crippen LogP contribution is -2.69. The molecule has 5 nitrogen and oxygen atoms in total. The van der Waals surface area contributed by atoms with Gasteiger partial charge in [0.2, 0.25) is 0 Å². The highest BCUT2D eigenvalue weighted by atomic mass is 19.1. The Bertz CT molecular complexity index is 907. The van der Waals surface area contributed by atoms with E-state index in [2.05, 4.69) is 0 Å². The van der Waals surface area contributed by atoms with Crippen molar-refractivity contribution in [2.75, 3.05) is 0 Å². The highest BCUT2D eigenvalue weighted by Crippen LogP contribution is 2.72. The fourth-order valence-corrected chi connectivity index (χ4v) is 7.95. The van der Waals surface area contributed by atoms with Crippen LogP contribution in [0.25, 0.3) is 0 Å². The number of hydrogen-bond acceptors (Lipinski definition) is 5. The molecular formula is C24H31FO5. The summed E-state index contributed by atoms with van der Waals surface area (Å²) < 4.78 is 29.6.